The summed E-state index contributed by atoms with van der Waals surface area (Å²) in [5, 5.41) is 0. The maximum atomic E-state index is 12.4. The molecule has 6 heteroatoms. The third kappa shape index (κ3) is 21.6. The summed E-state index contributed by atoms with van der Waals surface area (Å²) in [7, 11) is -0.887. The molecule has 0 aliphatic heterocycles. The Hall–Kier alpha value is -0.886. The Kier molecular flexibility index (Phi) is 24.6. The monoisotopic (exact) mass is 512 g/mol. The number of hydrogen-bond donors (Lipinski definition) is 0. The van der Waals surface area contributed by atoms with Gasteiger partial charge in [-0.15, -0.1) is 0 Å². The zero-order chi connectivity index (χ0) is 25.3. The van der Waals surface area contributed by atoms with Crippen molar-refractivity contribution in [3.8, 4) is 0 Å². The molecule has 0 saturated heterocycles. The van der Waals surface area contributed by atoms with E-state index in [0.29, 0.717) is 0 Å². The highest BCUT2D eigenvalue weighted by Gasteiger charge is 2.15. The van der Waals surface area contributed by atoms with Crippen molar-refractivity contribution < 1.29 is 19.1 Å². The smallest absolute Gasteiger partial charge is 0.330 e. The van der Waals surface area contributed by atoms with Crippen LogP contribution in [0.4, 0.5) is 0 Å². The molecule has 0 bridgehead atoms. The third-order valence-corrected chi connectivity index (χ3v) is 10.7. The molecule has 0 fully saturated rings. The highest BCUT2D eigenvalue weighted by Crippen LogP contribution is 2.12. The summed E-state index contributed by atoms with van der Waals surface area (Å²) in [5.74, 6) is -0.752. The van der Waals surface area contributed by atoms with Crippen LogP contribution in [0.1, 0.15) is 130 Å². The van der Waals surface area contributed by atoms with Gasteiger partial charge in [0.25, 0.3) is 0 Å². The summed E-state index contributed by atoms with van der Waals surface area (Å²) in [6.07, 6.45) is 21.6. The number of rotatable bonds is 24. The van der Waals surface area contributed by atoms with Crippen LogP contribution in [0.15, 0.2) is 12.2 Å². The molecule has 200 valence electrons. The van der Waals surface area contributed by atoms with E-state index in [4.69, 9.17) is 9.47 Å². The molecule has 0 heterocycles. The zero-order valence-corrected chi connectivity index (χ0v) is 25.9. The molecule has 0 radical (unpaired) electrons. The van der Waals surface area contributed by atoms with Crippen LogP contribution in [0.3, 0.4) is 0 Å². The van der Waals surface area contributed by atoms with E-state index in [1.54, 1.807) is 0 Å². The van der Waals surface area contributed by atoms with Crippen molar-refractivity contribution in [2.45, 2.75) is 154 Å². The van der Waals surface area contributed by atoms with Gasteiger partial charge in [-0.2, -0.15) is 0 Å². The minimum Gasteiger partial charge on any atom is -0.464 e. The molecule has 2 atom stereocenters. The summed E-state index contributed by atoms with van der Waals surface area (Å²) in [4.78, 5) is 24.8. The molecule has 4 nitrogen and oxygen atoms in total. The summed E-state index contributed by atoms with van der Waals surface area (Å²) in [5.41, 5.74) is 0.192. The van der Waals surface area contributed by atoms with E-state index in [2.05, 4.69) is 27.7 Å². The average molecular weight is 513 g/mol. The van der Waals surface area contributed by atoms with Gasteiger partial charge in [-0.05, 0) is 12.8 Å². The average Bonchev–Trinajstić information content (AvgIpc) is 2.82. The lowest BCUT2D eigenvalue weighted by Gasteiger charge is -2.17. The number of carbonyl (C=O) groups is 2. The van der Waals surface area contributed by atoms with E-state index in [0.717, 1.165) is 25.7 Å². The lowest BCUT2D eigenvalue weighted by atomic mass is 10.2. The van der Waals surface area contributed by atoms with Gasteiger partial charge in [0.15, 0.2) is 0 Å². The van der Waals surface area contributed by atoms with Crippen molar-refractivity contribution in [3.05, 3.63) is 12.2 Å². The topological polar surface area (TPSA) is 52.6 Å². The van der Waals surface area contributed by atoms with Crippen LogP contribution < -0.4 is 0 Å². The van der Waals surface area contributed by atoms with Gasteiger partial charge in [0, 0.05) is 12.2 Å². The first kappa shape index (κ1) is 33.1. The molecule has 0 aromatic carbocycles. The number of hydrogen-bond acceptors (Lipinski definition) is 4. The SMILES string of the molecule is CCCCCC[SiH2]C(CCCCC)OC(=O)/C=C/C(=O)OC(CCCCC)[SiH2]CCCCCC. The molecule has 0 spiro atoms. The fourth-order valence-corrected chi connectivity index (χ4v) is 8.18. The second kappa shape index (κ2) is 25.2. The van der Waals surface area contributed by atoms with E-state index in [9.17, 15) is 9.59 Å². The van der Waals surface area contributed by atoms with Gasteiger partial charge in [-0.3, -0.25) is 0 Å². The van der Waals surface area contributed by atoms with E-state index >= 15 is 0 Å². The molecule has 0 aromatic heterocycles. The lowest BCUT2D eigenvalue weighted by molar-refractivity contribution is -0.142. The van der Waals surface area contributed by atoms with Crippen molar-refractivity contribution in [1.29, 1.82) is 0 Å². The molecule has 2 unspecified atom stereocenters. The highest BCUT2D eigenvalue weighted by atomic mass is 28.2. The Bertz CT molecular complexity index is 467. The Balaban J connectivity index is 4.57. The van der Waals surface area contributed by atoms with Crippen LogP contribution in [-0.4, -0.2) is 42.4 Å². The Morgan fingerprint density at radius 1 is 0.559 bits per heavy atom. The number of esters is 2. The number of carbonyl (C=O) groups excluding carboxylic acids is 2. The van der Waals surface area contributed by atoms with Crippen molar-refractivity contribution in [2.24, 2.45) is 0 Å². The van der Waals surface area contributed by atoms with Gasteiger partial charge in [-0.1, -0.05) is 130 Å². The number of ether oxygens (including phenoxy) is 2. The standard InChI is InChI=1S/C28H56O4Si2/c1-5-9-13-17-23-33-27(19-15-11-7-3)31-25(29)21-22-26(30)32-28(20-16-12-8-4)34-24-18-14-10-6-2/h21-22,27-28H,5-20,23-24,33-34H2,1-4H3/b22-21+. The van der Waals surface area contributed by atoms with Crippen LogP contribution in [-0.2, 0) is 19.1 Å². The van der Waals surface area contributed by atoms with Crippen molar-refractivity contribution in [2.75, 3.05) is 0 Å². The van der Waals surface area contributed by atoms with Gasteiger partial charge in [0.2, 0.25) is 0 Å². The van der Waals surface area contributed by atoms with Crippen molar-refractivity contribution in [3.63, 3.8) is 0 Å². The first-order valence-corrected chi connectivity index (χ1v) is 18.3. The van der Waals surface area contributed by atoms with E-state index in [-0.39, 0.29) is 23.4 Å². The molecule has 0 rings (SSSR count). The Morgan fingerprint density at radius 3 is 1.26 bits per heavy atom. The number of unbranched alkanes of at least 4 members (excludes halogenated alkanes) is 10. The third-order valence-electron chi connectivity index (χ3n) is 6.44. The highest BCUT2D eigenvalue weighted by molar-refractivity contribution is 6.37. The zero-order valence-electron chi connectivity index (χ0n) is 23.1. The largest absolute Gasteiger partial charge is 0.464 e. The fraction of sp³-hybridized carbons (Fsp3) is 0.857. The Labute approximate surface area is 216 Å². The molecule has 0 saturated carbocycles. The first-order valence-electron chi connectivity index (χ1n) is 14.7. The molecule has 0 aliphatic carbocycles. The fourth-order valence-electron chi connectivity index (χ4n) is 4.26. The summed E-state index contributed by atoms with van der Waals surface area (Å²) < 4.78 is 11.6. The molecule has 0 aliphatic rings. The molecule has 34 heavy (non-hydrogen) atoms. The molecule has 0 amide bonds. The van der Waals surface area contributed by atoms with E-state index < -0.39 is 19.0 Å². The molecule has 0 N–H and O–H groups in total. The predicted octanol–water partition coefficient (Wildman–Crippen LogP) is 6.78. The second-order valence-corrected chi connectivity index (χ2v) is 14.2. The maximum absolute atomic E-state index is 12.4. The normalized spacial score (nSPS) is 13.9. The quantitative estimate of drug-likeness (QED) is 0.0619. The first-order chi connectivity index (χ1) is 16.6. The van der Waals surface area contributed by atoms with Crippen molar-refractivity contribution in [1.82, 2.24) is 0 Å². The van der Waals surface area contributed by atoms with Gasteiger partial charge in [-0.25, -0.2) is 9.59 Å². The minimum absolute atomic E-state index is 0.0960. The maximum Gasteiger partial charge on any atom is 0.330 e. The molecular weight excluding hydrogens is 456 g/mol. The van der Waals surface area contributed by atoms with Gasteiger partial charge in [0.05, 0.1) is 30.5 Å². The predicted molar refractivity (Wildman–Crippen MR) is 152 cm³/mol. The molecule has 0 aromatic rings. The van der Waals surface area contributed by atoms with E-state index in [1.165, 1.54) is 101 Å². The summed E-state index contributed by atoms with van der Waals surface area (Å²) in [6, 6.07) is 2.47. The van der Waals surface area contributed by atoms with Gasteiger partial charge >= 0.3 is 11.9 Å². The lowest BCUT2D eigenvalue weighted by Crippen LogP contribution is -2.25. The molecular formula is C28H56O4Si2. The Morgan fingerprint density at radius 2 is 0.912 bits per heavy atom. The van der Waals surface area contributed by atoms with Crippen LogP contribution in [0.25, 0.3) is 0 Å². The van der Waals surface area contributed by atoms with Gasteiger partial charge < -0.3 is 9.47 Å². The van der Waals surface area contributed by atoms with Crippen molar-refractivity contribution >= 4 is 31.0 Å². The minimum atomic E-state index is -0.444. The summed E-state index contributed by atoms with van der Waals surface area (Å²) in [6.45, 7) is 8.85. The van der Waals surface area contributed by atoms with Crippen LogP contribution in [0, 0.1) is 0 Å². The van der Waals surface area contributed by atoms with Crippen LogP contribution in [0.5, 0.6) is 0 Å². The second-order valence-electron chi connectivity index (χ2n) is 9.85. The van der Waals surface area contributed by atoms with Crippen LogP contribution >= 0.6 is 0 Å². The summed E-state index contributed by atoms with van der Waals surface area (Å²) >= 11 is 0. The van der Waals surface area contributed by atoms with Crippen LogP contribution in [0.2, 0.25) is 12.1 Å². The van der Waals surface area contributed by atoms with E-state index in [1.807, 2.05) is 0 Å². The van der Waals surface area contributed by atoms with Gasteiger partial charge in [0.1, 0.15) is 0 Å².